The molecule has 5 rings (SSSR count). The number of aryl methyl sites for hydroxylation is 2. The highest BCUT2D eigenvalue weighted by Gasteiger charge is 2.43. The summed E-state index contributed by atoms with van der Waals surface area (Å²) < 4.78 is 7.62. The Balaban J connectivity index is 1.39. The minimum absolute atomic E-state index is 0.0601. The van der Waals surface area contributed by atoms with E-state index in [-0.39, 0.29) is 11.4 Å². The number of furan rings is 1. The summed E-state index contributed by atoms with van der Waals surface area (Å²) >= 11 is 0. The van der Waals surface area contributed by atoms with Gasteiger partial charge >= 0.3 is 0 Å². The van der Waals surface area contributed by atoms with Gasteiger partial charge < -0.3 is 14.6 Å². The first-order valence-electron chi connectivity index (χ1n) is 10.7. The molecule has 8 heteroatoms. The minimum Gasteiger partial charge on any atom is -0.442 e. The van der Waals surface area contributed by atoms with Crippen LogP contribution in [-0.4, -0.2) is 38.2 Å². The fourth-order valence-corrected chi connectivity index (χ4v) is 3.96. The normalized spacial score (nSPS) is 14.5. The number of carbonyl (C=O) groups is 1. The Kier molecular flexibility index (Phi) is 4.73. The molecule has 3 aromatic heterocycles. The highest BCUT2D eigenvalue weighted by molar-refractivity contribution is 6.10. The van der Waals surface area contributed by atoms with Gasteiger partial charge in [0.15, 0.2) is 0 Å². The number of hydrogen-bond acceptors (Lipinski definition) is 6. The molecule has 0 radical (unpaired) electrons. The van der Waals surface area contributed by atoms with E-state index in [0.29, 0.717) is 29.0 Å². The zero-order chi connectivity index (χ0) is 22.5. The lowest BCUT2D eigenvalue weighted by Crippen LogP contribution is -2.32. The second kappa shape index (κ2) is 7.47. The van der Waals surface area contributed by atoms with Gasteiger partial charge in [0, 0.05) is 30.9 Å². The van der Waals surface area contributed by atoms with Crippen LogP contribution >= 0.6 is 0 Å². The summed E-state index contributed by atoms with van der Waals surface area (Å²) in [7, 11) is 2.01. The molecule has 1 N–H and O–H groups in total. The molecule has 0 atom stereocenters. The fraction of sp³-hybridized carbons (Fsp3) is 0.333. The van der Waals surface area contributed by atoms with Gasteiger partial charge in [-0.15, -0.1) is 0 Å². The smallest absolute Gasteiger partial charge is 0.255 e. The lowest BCUT2D eigenvalue weighted by Gasteiger charge is -2.26. The van der Waals surface area contributed by atoms with Crippen LogP contribution in [0.4, 0.5) is 5.82 Å². The van der Waals surface area contributed by atoms with Gasteiger partial charge in [-0.2, -0.15) is 5.10 Å². The molecule has 1 aliphatic rings. The number of anilines is 1. The first-order chi connectivity index (χ1) is 15.4. The van der Waals surface area contributed by atoms with Crippen molar-refractivity contribution in [2.24, 2.45) is 0 Å². The number of nitrogens with zero attached hydrogens (tertiary/aromatic N) is 5. The lowest BCUT2D eigenvalue weighted by molar-refractivity contribution is 0.0951. The van der Waals surface area contributed by atoms with Gasteiger partial charge in [-0.3, -0.25) is 4.79 Å². The van der Waals surface area contributed by atoms with Crippen LogP contribution < -0.4 is 10.2 Å². The maximum atomic E-state index is 13.2. The van der Waals surface area contributed by atoms with Gasteiger partial charge in [-0.05, 0) is 51.3 Å². The predicted molar refractivity (Wildman–Crippen MR) is 122 cm³/mol. The van der Waals surface area contributed by atoms with Gasteiger partial charge in [-0.1, -0.05) is 12.1 Å². The summed E-state index contributed by atoms with van der Waals surface area (Å²) in [6.07, 6.45) is 7.37. The molecule has 0 saturated heterocycles. The van der Waals surface area contributed by atoms with Crippen molar-refractivity contribution in [1.82, 2.24) is 25.1 Å². The van der Waals surface area contributed by atoms with E-state index in [1.165, 1.54) is 11.9 Å². The van der Waals surface area contributed by atoms with Gasteiger partial charge in [0.25, 0.3) is 5.91 Å². The van der Waals surface area contributed by atoms with Crippen molar-refractivity contribution in [3.8, 4) is 5.69 Å². The van der Waals surface area contributed by atoms with E-state index in [4.69, 9.17) is 4.42 Å². The number of hydrogen-bond donors (Lipinski definition) is 1. The average molecular weight is 431 g/mol. The number of fused-ring (bicyclic) bond motifs is 1. The van der Waals surface area contributed by atoms with E-state index < -0.39 is 0 Å². The average Bonchev–Trinajstić information content (AvgIpc) is 3.21. The van der Waals surface area contributed by atoms with Crippen LogP contribution in [0, 0.1) is 13.8 Å². The van der Waals surface area contributed by atoms with Crippen molar-refractivity contribution in [1.29, 1.82) is 0 Å². The SMILES string of the molecule is Cc1cccc(-n2cc(CNC(=O)c3c(C)oc4ncnc(N(C)C5(C)CC5)c34)cn2)c1. The molecular formula is C24H26N6O2. The molecule has 0 bridgehead atoms. The van der Waals surface area contributed by atoms with Gasteiger partial charge in [0.05, 0.1) is 22.8 Å². The summed E-state index contributed by atoms with van der Waals surface area (Å²) in [6, 6.07) is 8.11. The summed E-state index contributed by atoms with van der Waals surface area (Å²) in [5.41, 5.74) is 4.03. The van der Waals surface area contributed by atoms with Crippen molar-refractivity contribution < 1.29 is 9.21 Å². The van der Waals surface area contributed by atoms with E-state index in [1.54, 1.807) is 13.1 Å². The van der Waals surface area contributed by atoms with Crippen LogP contribution in [0.25, 0.3) is 16.8 Å². The first kappa shape index (κ1) is 20.2. The van der Waals surface area contributed by atoms with Crippen molar-refractivity contribution in [3.05, 3.63) is 65.4 Å². The Bertz CT molecular complexity index is 1320. The molecular weight excluding hydrogens is 404 g/mol. The molecule has 32 heavy (non-hydrogen) atoms. The molecule has 0 unspecified atom stereocenters. The predicted octanol–water partition coefficient (Wildman–Crippen LogP) is 3.94. The Morgan fingerprint density at radius 1 is 1.28 bits per heavy atom. The first-order valence-corrected chi connectivity index (χ1v) is 10.7. The third kappa shape index (κ3) is 3.51. The third-order valence-corrected chi connectivity index (χ3v) is 6.33. The van der Waals surface area contributed by atoms with Crippen LogP contribution in [0.1, 0.15) is 47.0 Å². The summed E-state index contributed by atoms with van der Waals surface area (Å²) in [5, 5.41) is 8.09. The third-order valence-electron chi connectivity index (χ3n) is 6.33. The molecule has 1 aromatic carbocycles. The molecule has 3 heterocycles. The standard InChI is InChI=1S/C24H26N6O2/c1-15-6-5-7-18(10-15)30-13-17(12-28-30)11-25-22(31)19-16(2)32-23-20(19)21(26-14-27-23)29(4)24(3)8-9-24/h5-7,10,12-14H,8-9,11H2,1-4H3,(H,25,31). The van der Waals surface area contributed by atoms with Crippen LogP contribution in [0.3, 0.4) is 0 Å². The largest absolute Gasteiger partial charge is 0.442 e. The van der Waals surface area contributed by atoms with Crippen molar-refractivity contribution >= 4 is 22.8 Å². The summed E-state index contributed by atoms with van der Waals surface area (Å²) in [4.78, 5) is 24.1. The number of carbonyl (C=O) groups excluding carboxylic acids is 1. The highest BCUT2D eigenvalue weighted by Crippen LogP contribution is 2.44. The summed E-state index contributed by atoms with van der Waals surface area (Å²) in [5.74, 6) is 1.04. The van der Waals surface area contributed by atoms with Gasteiger partial charge in [0.1, 0.15) is 17.9 Å². The lowest BCUT2D eigenvalue weighted by atomic mass is 10.1. The number of amides is 1. The molecule has 1 fully saturated rings. The Hall–Kier alpha value is -3.68. The second-order valence-electron chi connectivity index (χ2n) is 8.78. The highest BCUT2D eigenvalue weighted by atomic mass is 16.3. The molecule has 1 aliphatic carbocycles. The summed E-state index contributed by atoms with van der Waals surface area (Å²) in [6.45, 7) is 6.38. The van der Waals surface area contributed by atoms with E-state index in [1.807, 2.05) is 43.0 Å². The van der Waals surface area contributed by atoms with Crippen LogP contribution in [0.15, 0.2) is 47.4 Å². The van der Waals surface area contributed by atoms with E-state index in [9.17, 15) is 4.79 Å². The number of benzene rings is 1. The molecule has 0 spiro atoms. The van der Waals surface area contributed by atoms with E-state index >= 15 is 0 Å². The monoisotopic (exact) mass is 430 g/mol. The van der Waals surface area contributed by atoms with Crippen LogP contribution in [-0.2, 0) is 6.54 Å². The Morgan fingerprint density at radius 3 is 2.84 bits per heavy atom. The molecule has 1 saturated carbocycles. The van der Waals surface area contributed by atoms with Crippen LogP contribution in [0.5, 0.6) is 0 Å². The molecule has 0 aliphatic heterocycles. The van der Waals surface area contributed by atoms with Gasteiger partial charge in [-0.25, -0.2) is 14.6 Å². The van der Waals surface area contributed by atoms with Crippen molar-refractivity contribution in [3.63, 3.8) is 0 Å². The van der Waals surface area contributed by atoms with Gasteiger partial charge in [0.2, 0.25) is 5.71 Å². The van der Waals surface area contributed by atoms with Crippen molar-refractivity contribution in [2.75, 3.05) is 11.9 Å². The Morgan fingerprint density at radius 2 is 2.09 bits per heavy atom. The molecule has 8 nitrogen and oxygen atoms in total. The quantitative estimate of drug-likeness (QED) is 0.498. The zero-order valence-corrected chi connectivity index (χ0v) is 18.7. The van der Waals surface area contributed by atoms with E-state index in [2.05, 4.69) is 38.3 Å². The minimum atomic E-state index is -0.213. The topological polar surface area (TPSA) is 89.1 Å². The number of aromatic nitrogens is 4. The maximum Gasteiger partial charge on any atom is 0.255 e. The van der Waals surface area contributed by atoms with Crippen molar-refractivity contribution in [2.45, 2.75) is 45.7 Å². The maximum absolute atomic E-state index is 13.2. The molecule has 4 aromatic rings. The molecule has 1 amide bonds. The van der Waals surface area contributed by atoms with E-state index in [0.717, 1.165) is 29.9 Å². The number of rotatable bonds is 6. The fourth-order valence-electron chi connectivity index (χ4n) is 3.96. The molecule has 164 valence electrons. The van der Waals surface area contributed by atoms with Crippen LogP contribution in [0.2, 0.25) is 0 Å². The zero-order valence-electron chi connectivity index (χ0n) is 18.7. The Labute approximate surface area is 186 Å². The second-order valence-corrected chi connectivity index (χ2v) is 8.78. The number of nitrogens with one attached hydrogen (secondary N) is 1.